The Balaban J connectivity index is 2.83. The summed E-state index contributed by atoms with van der Waals surface area (Å²) in [6, 6.07) is 6.01. The molecule has 0 heterocycles. The molecule has 0 aromatic heterocycles. The zero-order valence-electron chi connectivity index (χ0n) is 11.0. The average Bonchev–Trinajstić information content (AvgIpc) is 2.37. The lowest BCUT2D eigenvalue weighted by Crippen LogP contribution is -2.34. The summed E-state index contributed by atoms with van der Waals surface area (Å²) in [5.41, 5.74) is 7.88. The van der Waals surface area contributed by atoms with Crippen molar-refractivity contribution >= 4 is 27.5 Å². The van der Waals surface area contributed by atoms with Crippen LogP contribution in [0.2, 0.25) is 0 Å². The van der Waals surface area contributed by atoms with Gasteiger partial charge < -0.3 is 16.0 Å². The Morgan fingerprint density at radius 1 is 1.56 bits per heavy atom. The molecule has 0 fully saturated rings. The second kappa shape index (κ2) is 6.75. The Kier molecular flexibility index (Phi) is 5.62. The molecule has 3 N–H and O–H groups in total. The molecule has 5 heteroatoms. The monoisotopic (exact) mass is 313 g/mol. The van der Waals surface area contributed by atoms with E-state index < -0.39 is 0 Å². The molecule has 18 heavy (non-hydrogen) atoms. The minimum atomic E-state index is -0.0609. The van der Waals surface area contributed by atoms with Crippen molar-refractivity contribution < 1.29 is 4.79 Å². The quantitative estimate of drug-likeness (QED) is 0.870. The van der Waals surface area contributed by atoms with E-state index in [4.69, 9.17) is 5.73 Å². The topological polar surface area (TPSA) is 58.4 Å². The molecular formula is C13H20BrN3O. The van der Waals surface area contributed by atoms with Crippen LogP contribution in [0.15, 0.2) is 22.7 Å². The molecule has 1 aromatic rings. The van der Waals surface area contributed by atoms with Gasteiger partial charge in [-0.1, -0.05) is 22.9 Å². The summed E-state index contributed by atoms with van der Waals surface area (Å²) in [7, 11) is 3.63. The van der Waals surface area contributed by atoms with E-state index >= 15 is 0 Å². The summed E-state index contributed by atoms with van der Waals surface area (Å²) in [6.07, 6.45) is 0. The summed E-state index contributed by atoms with van der Waals surface area (Å²) in [4.78, 5) is 13.6. The molecule has 0 aliphatic rings. The first kappa shape index (κ1) is 15.0. The van der Waals surface area contributed by atoms with Gasteiger partial charge >= 0.3 is 0 Å². The van der Waals surface area contributed by atoms with Crippen LogP contribution in [0.4, 0.5) is 5.69 Å². The number of hydrogen-bond acceptors (Lipinski definition) is 3. The standard InChI is InChI=1S/C13H20BrN3O/c1-9(13(18)16-2)8-17(3)12-5-4-11(14)6-10(12)7-15/h4-6,9H,7-8,15H2,1-3H3,(H,16,18). The van der Waals surface area contributed by atoms with E-state index in [9.17, 15) is 4.79 Å². The number of nitrogens with one attached hydrogen (secondary N) is 1. The third-order valence-corrected chi connectivity index (χ3v) is 3.41. The SMILES string of the molecule is CNC(=O)C(C)CN(C)c1ccc(Br)cc1CN. The zero-order valence-corrected chi connectivity index (χ0v) is 12.6. The van der Waals surface area contributed by atoms with Crippen LogP contribution in [-0.4, -0.2) is 26.5 Å². The summed E-state index contributed by atoms with van der Waals surface area (Å²) in [5, 5.41) is 2.66. The summed E-state index contributed by atoms with van der Waals surface area (Å²) < 4.78 is 1.01. The summed E-state index contributed by atoms with van der Waals surface area (Å²) in [6.45, 7) is 3.05. The largest absolute Gasteiger partial charge is 0.374 e. The van der Waals surface area contributed by atoms with E-state index in [1.165, 1.54) is 0 Å². The highest BCUT2D eigenvalue weighted by atomic mass is 79.9. The normalized spacial score (nSPS) is 12.1. The minimum Gasteiger partial charge on any atom is -0.374 e. The number of nitrogens with zero attached hydrogens (tertiary/aromatic N) is 1. The van der Waals surface area contributed by atoms with Gasteiger partial charge in [-0.3, -0.25) is 4.79 Å². The van der Waals surface area contributed by atoms with Crippen molar-refractivity contribution in [3.8, 4) is 0 Å². The van der Waals surface area contributed by atoms with Crippen LogP contribution in [0, 0.1) is 5.92 Å². The molecule has 1 aromatic carbocycles. The second-order valence-corrected chi connectivity index (χ2v) is 5.29. The van der Waals surface area contributed by atoms with Gasteiger partial charge in [-0.2, -0.15) is 0 Å². The van der Waals surface area contributed by atoms with E-state index in [2.05, 4.69) is 26.1 Å². The Morgan fingerprint density at radius 2 is 2.22 bits per heavy atom. The Bertz CT molecular complexity index is 423. The molecule has 1 unspecified atom stereocenters. The highest BCUT2D eigenvalue weighted by Gasteiger charge is 2.15. The number of anilines is 1. The molecule has 1 atom stereocenters. The van der Waals surface area contributed by atoms with Crippen molar-refractivity contribution in [1.29, 1.82) is 0 Å². The van der Waals surface area contributed by atoms with Crippen molar-refractivity contribution in [3.05, 3.63) is 28.2 Å². The predicted octanol–water partition coefficient (Wildman–Crippen LogP) is 1.73. The number of nitrogens with two attached hydrogens (primary N) is 1. The molecule has 1 rings (SSSR count). The van der Waals surface area contributed by atoms with Crippen LogP contribution >= 0.6 is 15.9 Å². The van der Waals surface area contributed by atoms with Gasteiger partial charge in [0.1, 0.15) is 0 Å². The second-order valence-electron chi connectivity index (χ2n) is 4.37. The Hall–Kier alpha value is -1.07. The summed E-state index contributed by atoms with van der Waals surface area (Å²) >= 11 is 3.43. The van der Waals surface area contributed by atoms with Crippen LogP contribution in [0.3, 0.4) is 0 Å². The zero-order chi connectivity index (χ0) is 13.7. The first-order chi connectivity index (χ1) is 8.49. The van der Waals surface area contributed by atoms with Crippen LogP contribution < -0.4 is 16.0 Å². The van der Waals surface area contributed by atoms with E-state index in [0.717, 1.165) is 15.7 Å². The maximum Gasteiger partial charge on any atom is 0.224 e. The van der Waals surface area contributed by atoms with E-state index in [1.54, 1.807) is 7.05 Å². The van der Waals surface area contributed by atoms with E-state index in [-0.39, 0.29) is 11.8 Å². The van der Waals surface area contributed by atoms with Crippen LogP contribution in [0.25, 0.3) is 0 Å². The first-order valence-corrected chi connectivity index (χ1v) is 6.70. The molecule has 0 spiro atoms. The number of carbonyl (C=O) groups excluding carboxylic acids is 1. The fourth-order valence-electron chi connectivity index (χ4n) is 1.93. The van der Waals surface area contributed by atoms with Crippen LogP contribution in [-0.2, 0) is 11.3 Å². The van der Waals surface area contributed by atoms with E-state index in [1.807, 2.05) is 32.2 Å². The molecule has 0 radical (unpaired) electrons. The highest BCUT2D eigenvalue weighted by molar-refractivity contribution is 9.10. The number of halogens is 1. The van der Waals surface area contributed by atoms with E-state index in [0.29, 0.717) is 13.1 Å². The number of carbonyl (C=O) groups is 1. The van der Waals surface area contributed by atoms with Crippen molar-refractivity contribution in [2.24, 2.45) is 11.7 Å². The number of benzene rings is 1. The minimum absolute atomic E-state index is 0.0493. The van der Waals surface area contributed by atoms with Crippen LogP contribution in [0.1, 0.15) is 12.5 Å². The van der Waals surface area contributed by atoms with Gasteiger partial charge in [-0.15, -0.1) is 0 Å². The lowest BCUT2D eigenvalue weighted by atomic mass is 10.1. The van der Waals surface area contributed by atoms with Gasteiger partial charge in [0, 0.05) is 37.3 Å². The molecule has 1 amide bonds. The van der Waals surface area contributed by atoms with Crippen molar-refractivity contribution in [2.45, 2.75) is 13.5 Å². The van der Waals surface area contributed by atoms with Gasteiger partial charge in [0.2, 0.25) is 5.91 Å². The lowest BCUT2D eigenvalue weighted by Gasteiger charge is -2.25. The third kappa shape index (κ3) is 3.71. The van der Waals surface area contributed by atoms with Gasteiger partial charge in [0.25, 0.3) is 0 Å². The molecule has 4 nitrogen and oxygen atoms in total. The maximum absolute atomic E-state index is 11.5. The molecule has 0 bridgehead atoms. The van der Waals surface area contributed by atoms with Gasteiger partial charge in [0.05, 0.1) is 5.92 Å². The van der Waals surface area contributed by atoms with Crippen LogP contribution in [0.5, 0.6) is 0 Å². The Morgan fingerprint density at radius 3 is 2.78 bits per heavy atom. The predicted molar refractivity (Wildman–Crippen MR) is 78.5 cm³/mol. The first-order valence-electron chi connectivity index (χ1n) is 5.90. The number of hydrogen-bond donors (Lipinski definition) is 2. The third-order valence-electron chi connectivity index (χ3n) is 2.91. The highest BCUT2D eigenvalue weighted by Crippen LogP contribution is 2.24. The van der Waals surface area contributed by atoms with Crippen molar-refractivity contribution in [2.75, 3.05) is 25.5 Å². The fourth-order valence-corrected chi connectivity index (χ4v) is 2.34. The molecule has 100 valence electrons. The molecule has 0 saturated carbocycles. The van der Waals surface area contributed by atoms with Gasteiger partial charge in [0.15, 0.2) is 0 Å². The summed E-state index contributed by atoms with van der Waals surface area (Å²) in [5.74, 6) is -0.0115. The lowest BCUT2D eigenvalue weighted by molar-refractivity contribution is -0.123. The number of rotatable bonds is 5. The van der Waals surface area contributed by atoms with Crippen molar-refractivity contribution in [1.82, 2.24) is 5.32 Å². The fraction of sp³-hybridized carbons (Fsp3) is 0.462. The van der Waals surface area contributed by atoms with Gasteiger partial charge in [-0.05, 0) is 23.8 Å². The molecule has 0 aliphatic heterocycles. The Labute approximate surface area is 117 Å². The van der Waals surface area contributed by atoms with Crippen molar-refractivity contribution in [3.63, 3.8) is 0 Å². The average molecular weight is 314 g/mol. The maximum atomic E-state index is 11.5. The number of amides is 1. The smallest absolute Gasteiger partial charge is 0.224 e. The van der Waals surface area contributed by atoms with Gasteiger partial charge in [-0.25, -0.2) is 0 Å². The molecule has 0 aliphatic carbocycles. The molecular weight excluding hydrogens is 294 g/mol. The molecule has 0 saturated heterocycles.